The molecule has 1 heteroatoms. The van der Waals surface area contributed by atoms with Crippen LogP contribution in [-0.4, -0.2) is 12.7 Å². The summed E-state index contributed by atoms with van der Waals surface area (Å²) in [6.45, 7) is 15.9. The number of fused-ring (bicyclic) bond motifs is 1. The Balaban J connectivity index is 2.31. The molecule has 16 heavy (non-hydrogen) atoms. The number of hydrogen-bond acceptors (Lipinski definition) is 1. The molecule has 1 aliphatic carbocycles. The van der Waals surface area contributed by atoms with Gasteiger partial charge < -0.3 is 4.74 Å². The predicted octanol–water partition coefficient (Wildman–Crippen LogP) is 3.82. The van der Waals surface area contributed by atoms with E-state index in [9.17, 15) is 0 Å². The van der Waals surface area contributed by atoms with Crippen molar-refractivity contribution < 1.29 is 4.74 Å². The van der Waals surface area contributed by atoms with Crippen molar-refractivity contribution in [2.24, 2.45) is 23.2 Å². The fourth-order valence-corrected chi connectivity index (χ4v) is 3.71. The quantitative estimate of drug-likeness (QED) is 0.643. The van der Waals surface area contributed by atoms with Gasteiger partial charge in [-0.15, -0.1) is 6.58 Å². The molecule has 1 saturated heterocycles. The summed E-state index contributed by atoms with van der Waals surface area (Å²) in [5, 5.41) is 0. The lowest BCUT2D eigenvalue weighted by Crippen LogP contribution is -2.44. The highest BCUT2D eigenvalue weighted by Gasteiger charge is 2.50. The SMILES string of the molecule is C=C[C@]1(C)CC[C@@H]2[C@H](OC[C@H]2C)[C@H]1C(=C)C. The molecule has 90 valence electrons. The Hall–Kier alpha value is -0.560. The Morgan fingerprint density at radius 3 is 2.75 bits per heavy atom. The van der Waals surface area contributed by atoms with Gasteiger partial charge in [-0.25, -0.2) is 0 Å². The normalized spacial score (nSPS) is 47.4. The predicted molar refractivity (Wildman–Crippen MR) is 68.2 cm³/mol. The Morgan fingerprint density at radius 1 is 1.50 bits per heavy atom. The van der Waals surface area contributed by atoms with E-state index in [0.717, 1.165) is 12.5 Å². The highest BCUT2D eigenvalue weighted by molar-refractivity contribution is 5.16. The van der Waals surface area contributed by atoms with E-state index in [4.69, 9.17) is 4.74 Å². The number of rotatable bonds is 2. The largest absolute Gasteiger partial charge is 0.377 e. The fourth-order valence-electron chi connectivity index (χ4n) is 3.71. The second-order valence-electron chi connectivity index (χ2n) is 6.01. The molecule has 2 rings (SSSR count). The standard InChI is InChI=1S/C15H24O/c1-6-15(5)8-7-12-11(4)9-16-14(12)13(15)10(2)3/h6,11-14H,1-2,7-9H2,3-5H3/t11-,12+,13-,14+,15-/m1/s1. The molecule has 5 atom stereocenters. The van der Waals surface area contributed by atoms with Crippen molar-refractivity contribution in [3.8, 4) is 0 Å². The summed E-state index contributed by atoms with van der Waals surface area (Å²) in [6, 6.07) is 0. The Labute approximate surface area is 99.6 Å². The lowest BCUT2D eigenvalue weighted by atomic mass is 9.60. The molecule has 1 aliphatic heterocycles. The van der Waals surface area contributed by atoms with Crippen LogP contribution in [0.1, 0.15) is 33.6 Å². The van der Waals surface area contributed by atoms with Crippen LogP contribution in [0, 0.1) is 23.2 Å². The van der Waals surface area contributed by atoms with Crippen LogP contribution in [-0.2, 0) is 4.74 Å². The Morgan fingerprint density at radius 2 is 2.19 bits per heavy atom. The molecule has 0 spiro atoms. The van der Waals surface area contributed by atoms with E-state index in [1.807, 2.05) is 0 Å². The van der Waals surface area contributed by atoms with Gasteiger partial charge in [0.05, 0.1) is 6.10 Å². The van der Waals surface area contributed by atoms with Crippen LogP contribution < -0.4 is 0 Å². The van der Waals surface area contributed by atoms with Crippen molar-refractivity contribution >= 4 is 0 Å². The molecule has 0 aromatic rings. The van der Waals surface area contributed by atoms with Gasteiger partial charge in [-0.05, 0) is 37.0 Å². The lowest BCUT2D eigenvalue weighted by molar-refractivity contribution is -0.0139. The molecule has 1 heterocycles. The van der Waals surface area contributed by atoms with Gasteiger partial charge in [0.15, 0.2) is 0 Å². The van der Waals surface area contributed by atoms with Crippen LogP contribution in [0.2, 0.25) is 0 Å². The van der Waals surface area contributed by atoms with Gasteiger partial charge in [0, 0.05) is 12.5 Å². The lowest BCUT2D eigenvalue weighted by Gasteiger charge is -2.46. The Kier molecular flexibility index (Phi) is 3.00. The molecule has 0 aromatic heterocycles. The molecule has 0 N–H and O–H groups in total. The average molecular weight is 220 g/mol. The smallest absolute Gasteiger partial charge is 0.0680 e. The maximum Gasteiger partial charge on any atom is 0.0680 e. The molecule has 2 fully saturated rings. The van der Waals surface area contributed by atoms with Crippen LogP contribution in [0.3, 0.4) is 0 Å². The maximum atomic E-state index is 6.03. The molecule has 0 bridgehead atoms. The van der Waals surface area contributed by atoms with Gasteiger partial charge in [0.2, 0.25) is 0 Å². The average Bonchev–Trinajstić information content (AvgIpc) is 2.59. The second kappa shape index (κ2) is 4.03. The number of allylic oxidation sites excluding steroid dienone is 1. The summed E-state index contributed by atoms with van der Waals surface area (Å²) < 4.78 is 6.03. The molecule has 0 amide bonds. The van der Waals surface area contributed by atoms with E-state index >= 15 is 0 Å². The highest BCUT2D eigenvalue weighted by atomic mass is 16.5. The van der Waals surface area contributed by atoms with E-state index in [2.05, 4.69) is 40.0 Å². The topological polar surface area (TPSA) is 9.23 Å². The van der Waals surface area contributed by atoms with E-state index in [0.29, 0.717) is 17.9 Å². The molecule has 1 nitrogen and oxygen atoms in total. The third-order valence-electron chi connectivity index (χ3n) is 4.76. The maximum absolute atomic E-state index is 6.03. The molecule has 0 radical (unpaired) electrons. The molecule has 0 unspecified atom stereocenters. The van der Waals surface area contributed by atoms with Crippen molar-refractivity contribution in [2.45, 2.75) is 39.7 Å². The van der Waals surface area contributed by atoms with Crippen molar-refractivity contribution in [2.75, 3.05) is 6.61 Å². The highest BCUT2D eigenvalue weighted by Crippen LogP contribution is 2.52. The van der Waals surface area contributed by atoms with Gasteiger partial charge in [-0.2, -0.15) is 0 Å². The van der Waals surface area contributed by atoms with E-state index in [-0.39, 0.29) is 5.41 Å². The summed E-state index contributed by atoms with van der Waals surface area (Å²) in [6.07, 6.45) is 5.00. The van der Waals surface area contributed by atoms with Crippen LogP contribution in [0.15, 0.2) is 24.8 Å². The third kappa shape index (κ3) is 1.66. The summed E-state index contributed by atoms with van der Waals surface area (Å²) in [5.74, 6) is 1.89. The third-order valence-corrected chi connectivity index (χ3v) is 4.76. The summed E-state index contributed by atoms with van der Waals surface area (Å²) in [7, 11) is 0. The molecule has 1 saturated carbocycles. The van der Waals surface area contributed by atoms with E-state index in [1.165, 1.54) is 18.4 Å². The zero-order chi connectivity index (χ0) is 11.9. The summed E-state index contributed by atoms with van der Waals surface area (Å²) >= 11 is 0. The first kappa shape index (κ1) is 11.9. The van der Waals surface area contributed by atoms with Gasteiger partial charge >= 0.3 is 0 Å². The fraction of sp³-hybridized carbons (Fsp3) is 0.733. The first-order chi connectivity index (χ1) is 7.49. The minimum Gasteiger partial charge on any atom is -0.377 e. The molecule has 0 aromatic carbocycles. The van der Waals surface area contributed by atoms with Gasteiger partial charge in [-0.3, -0.25) is 0 Å². The van der Waals surface area contributed by atoms with Gasteiger partial charge in [-0.1, -0.05) is 32.1 Å². The van der Waals surface area contributed by atoms with Crippen molar-refractivity contribution in [3.05, 3.63) is 24.8 Å². The summed E-state index contributed by atoms with van der Waals surface area (Å²) in [5.41, 5.74) is 1.43. The zero-order valence-electron chi connectivity index (χ0n) is 10.8. The minimum atomic E-state index is 0.178. The zero-order valence-corrected chi connectivity index (χ0v) is 10.8. The summed E-state index contributed by atoms with van der Waals surface area (Å²) in [4.78, 5) is 0. The van der Waals surface area contributed by atoms with Gasteiger partial charge in [0.1, 0.15) is 0 Å². The van der Waals surface area contributed by atoms with Crippen LogP contribution >= 0.6 is 0 Å². The number of hydrogen-bond donors (Lipinski definition) is 0. The van der Waals surface area contributed by atoms with Crippen molar-refractivity contribution in [1.82, 2.24) is 0 Å². The molecular formula is C15H24O. The van der Waals surface area contributed by atoms with Crippen molar-refractivity contribution in [1.29, 1.82) is 0 Å². The monoisotopic (exact) mass is 220 g/mol. The van der Waals surface area contributed by atoms with E-state index < -0.39 is 0 Å². The van der Waals surface area contributed by atoms with Crippen molar-refractivity contribution in [3.63, 3.8) is 0 Å². The molecule has 2 aliphatic rings. The van der Waals surface area contributed by atoms with Crippen LogP contribution in [0.25, 0.3) is 0 Å². The first-order valence-electron chi connectivity index (χ1n) is 6.40. The first-order valence-corrected chi connectivity index (χ1v) is 6.40. The number of ether oxygens (including phenoxy) is 1. The van der Waals surface area contributed by atoms with Gasteiger partial charge in [0.25, 0.3) is 0 Å². The Bertz CT molecular complexity index is 307. The van der Waals surface area contributed by atoms with Crippen LogP contribution in [0.5, 0.6) is 0 Å². The minimum absolute atomic E-state index is 0.178. The van der Waals surface area contributed by atoms with Crippen LogP contribution in [0.4, 0.5) is 0 Å². The second-order valence-corrected chi connectivity index (χ2v) is 6.01. The van der Waals surface area contributed by atoms with E-state index in [1.54, 1.807) is 0 Å². The molecular weight excluding hydrogens is 196 g/mol.